The predicted octanol–water partition coefficient (Wildman–Crippen LogP) is 3.03. The summed E-state index contributed by atoms with van der Waals surface area (Å²) in [6.07, 6.45) is 5.24. The van der Waals surface area contributed by atoms with Gasteiger partial charge in [-0.3, -0.25) is 4.79 Å². The van der Waals surface area contributed by atoms with E-state index in [1.807, 2.05) is 6.92 Å². The maximum absolute atomic E-state index is 12.2. The molecule has 0 spiro atoms. The van der Waals surface area contributed by atoms with E-state index in [2.05, 4.69) is 0 Å². The maximum atomic E-state index is 12.2. The molecule has 1 rings (SSSR count). The Hall–Kier alpha value is 0.130. The lowest BCUT2D eigenvalue weighted by Gasteiger charge is -2.33. The average Bonchev–Trinajstić information content (AvgIpc) is 2.17. The summed E-state index contributed by atoms with van der Waals surface area (Å²) >= 11 is 1.78. The van der Waals surface area contributed by atoms with Gasteiger partial charge in [-0.25, -0.2) is 4.39 Å². The van der Waals surface area contributed by atoms with Crippen molar-refractivity contribution in [3.05, 3.63) is 0 Å². The Balaban J connectivity index is 2.44. The zero-order chi connectivity index (χ0) is 10.6. The Bertz CT molecular complexity index is 202. The van der Waals surface area contributed by atoms with Crippen LogP contribution < -0.4 is 0 Å². The number of hydrogen-bond acceptors (Lipinski definition) is 2. The zero-order valence-corrected chi connectivity index (χ0v) is 10.5. The van der Waals surface area contributed by atoms with Crippen molar-refractivity contribution in [2.75, 3.05) is 6.67 Å². The monoisotopic (exact) mass is 314 g/mol. The zero-order valence-electron chi connectivity index (χ0n) is 8.39. The number of carbonyl (C=O) groups excluding carboxylic acids is 1. The van der Waals surface area contributed by atoms with Gasteiger partial charge >= 0.3 is 5.97 Å². The van der Waals surface area contributed by atoms with Crippen molar-refractivity contribution in [1.29, 1.82) is 0 Å². The highest BCUT2D eigenvalue weighted by Gasteiger charge is 2.32. The highest BCUT2D eigenvalue weighted by molar-refractivity contribution is 14.1. The van der Waals surface area contributed by atoms with Crippen molar-refractivity contribution in [2.24, 2.45) is 0 Å². The van der Waals surface area contributed by atoms with Crippen molar-refractivity contribution in [1.82, 2.24) is 0 Å². The molecule has 0 heterocycles. The fourth-order valence-corrected chi connectivity index (χ4v) is 1.90. The van der Waals surface area contributed by atoms with E-state index in [1.54, 1.807) is 22.6 Å². The molecule has 0 bridgehead atoms. The summed E-state index contributed by atoms with van der Waals surface area (Å²) in [5.74, 6) is -0.405. The smallest absolute Gasteiger partial charge is 0.322 e. The van der Waals surface area contributed by atoms with Crippen LogP contribution in [-0.4, -0.2) is 22.2 Å². The molecule has 0 aromatic rings. The highest BCUT2D eigenvalue weighted by Crippen LogP contribution is 2.31. The van der Waals surface area contributed by atoms with Crippen LogP contribution in [-0.2, 0) is 9.53 Å². The van der Waals surface area contributed by atoms with Crippen LogP contribution in [0.15, 0.2) is 0 Å². The minimum atomic E-state index is -0.647. The van der Waals surface area contributed by atoms with E-state index >= 15 is 0 Å². The Kier molecular flexibility index (Phi) is 4.60. The lowest BCUT2D eigenvalue weighted by Crippen LogP contribution is -2.36. The van der Waals surface area contributed by atoms with Gasteiger partial charge in [0.25, 0.3) is 0 Å². The fraction of sp³-hybridized carbons (Fsp3) is 0.900. The number of halogens is 2. The molecule has 4 heteroatoms. The van der Waals surface area contributed by atoms with Crippen LogP contribution >= 0.6 is 22.6 Å². The second kappa shape index (κ2) is 5.28. The Morgan fingerprint density at radius 3 is 2.57 bits per heavy atom. The predicted molar refractivity (Wildman–Crippen MR) is 61.4 cm³/mol. The third-order valence-corrected chi connectivity index (χ3v) is 3.49. The molecular formula is C10H16FIO2. The number of rotatable bonds is 3. The first-order valence-electron chi connectivity index (χ1n) is 5.00. The van der Waals surface area contributed by atoms with Gasteiger partial charge in [-0.05, 0) is 32.6 Å². The van der Waals surface area contributed by atoms with Crippen LogP contribution in [0.5, 0.6) is 0 Å². The summed E-state index contributed by atoms with van der Waals surface area (Å²) in [6.45, 7) is 1.31. The van der Waals surface area contributed by atoms with Gasteiger partial charge < -0.3 is 4.74 Å². The summed E-state index contributed by atoms with van der Waals surface area (Å²) in [5.41, 5.74) is -0.339. The first-order chi connectivity index (χ1) is 6.57. The van der Waals surface area contributed by atoms with Gasteiger partial charge in [0.05, 0.1) is 0 Å². The van der Waals surface area contributed by atoms with Gasteiger partial charge in [-0.1, -0.05) is 29.0 Å². The number of carbonyl (C=O) groups is 1. The van der Waals surface area contributed by atoms with Crippen LogP contribution in [0.1, 0.15) is 39.0 Å². The molecule has 14 heavy (non-hydrogen) atoms. The van der Waals surface area contributed by atoms with E-state index in [-0.39, 0.29) is 5.60 Å². The van der Waals surface area contributed by atoms with E-state index in [9.17, 15) is 9.18 Å². The number of alkyl halides is 2. The molecule has 1 saturated carbocycles. The number of hydrogen-bond donors (Lipinski definition) is 0. The van der Waals surface area contributed by atoms with Crippen molar-refractivity contribution in [2.45, 2.75) is 48.6 Å². The van der Waals surface area contributed by atoms with Gasteiger partial charge in [0.1, 0.15) is 16.2 Å². The molecule has 0 N–H and O–H groups in total. The molecule has 82 valence electrons. The molecule has 2 nitrogen and oxygen atoms in total. The second-order valence-corrected chi connectivity index (χ2v) is 5.56. The molecule has 0 aliphatic heterocycles. The first kappa shape index (κ1) is 12.2. The minimum Gasteiger partial charge on any atom is -0.459 e. The van der Waals surface area contributed by atoms with E-state index in [4.69, 9.17) is 4.74 Å². The molecule has 1 atom stereocenters. The Morgan fingerprint density at radius 1 is 1.50 bits per heavy atom. The molecule has 0 aromatic carbocycles. The first-order valence-corrected chi connectivity index (χ1v) is 6.25. The fourth-order valence-electron chi connectivity index (χ4n) is 1.77. The molecule has 0 amide bonds. The molecule has 1 unspecified atom stereocenters. The van der Waals surface area contributed by atoms with Crippen molar-refractivity contribution in [3.8, 4) is 0 Å². The third kappa shape index (κ3) is 3.37. The van der Waals surface area contributed by atoms with Crippen LogP contribution in [0.3, 0.4) is 0 Å². The van der Waals surface area contributed by atoms with Crippen molar-refractivity contribution < 1.29 is 13.9 Å². The van der Waals surface area contributed by atoms with E-state index < -0.39 is 16.6 Å². The maximum Gasteiger partial charge on any atom is 0.322 e. The Morgan fingerprint density at radius 2 is 2.07 bits per heavy atom. The van der Waals surface area contributed by atoms with E-state index in [0.29, 0.717) is 0 Å². The largest absolute Gasteiger partial charge is 0.459 e. The average molecular weight is 314 g/mol. The van der Waals surface area contributed by atoms with Crippen LogP contribution in [0.4, 0.5) is 4.39 Å². The van der Waals surface area contributed by atoms with Crippen LogP contribution in [0.2, 0.25) is 0 Å². The SMILES string of the molecule is CC1(OC(=O)C(I)CF)CCCCC1. The second-order valence-electron chi connectivity index (χ2n) is 4.05. The Labute approximate surface area is 97.7 Å². The lowest BCUT2D eigenvalue weighted by atomic mass is 9.86. The molecule has 0 radical (unpaired) electrons. The van der Waals surface area contributed by atoms with Gasteiger partial charge in [0.2, 0.25) is 0 Å². The minimum absolute atomic E-state index is 0.339. The molecular weight excluding hydrogens is 298 g/mol. The van der Waals surface area contributed by atoms with Gasteiger partial charge in [-0.2, -0.15) is 0 Å². The van der Waals surface area contributed by atoms with E-state index in [0.717, 1.165) is 25.7 Å². The van der Waals surface area contributed by atoms with Gasteiger partial charge in [0.15, 0.2) is 0 Å². The number of ether oxygens (including phenoxy) is 1. The molecule has 1 aliphatic carbocycles. The summed E-state index contributed by atoms with van der Waals surface area (Å²) < 4.78 is 16.9. The van der Waals surface area contributed by atoms with Crippen molar-refractivity contribution >= 4 is 28.6 Å². The normalized spacial score (nSPS) is 22.8. The van der Waals surface area contributed by atoms with E-state index in [1.165, 1.54) is 6.42 Å². The van der Waals surface area contributed by atoms with Crippen molar-refractivity contribution in [3.63, 3.8) is 0 Å². The molecule has 1 fully saturated rings. The molecule has 0 aromatic heterocycles. The third-order valence-electron chi connectivity index (χ3n) is 2.65. The molecule has 1 aliphatic rings. The molecule has 0 saturated heterocycles. The lowest BCUT2D eigenvalue weighted by molar-refractivity contribution is -0.160. The van der Waals surface area contributed by atoms with Crippen LogP contribution in [0, 0.1) is 0 Å². The van der Waals surface area contributed by atoms with Gasteiger partial charge in [-0.15, -0.1) is 0 Å². The van der Waals surface area contributed by atoms with Crippen LogP contribution in [0.25, 0.3) is 0 Å². The summed E-state index contributed by atoms with van der Waals surface area (Å²) in [7, 11) is 0. The summed E-state index contributed by atoms with van der Waals surface area (Å²) in [4.78, 5) is 11.4. The summed E-state index contributed by atoms with van der Waals surface area (Å²) in [6, 6.07) is 0. The highest BCUT2D eigenvalue weighted by atomic mass is 127. The summed E-state index contributed by atoms with van der Waals surface area (Å²) in [5, 5.41) is 0. The van der Waals surface area contributed by atoms with Gasteiger partial charge in [0, 0.05) is 0 Å². The quantitative estimate of drug-likeness (QED) is 0.455. The standard InChI is InChI=1S/C10H16FIO2/c1-10(5-3-2-4-6-10)14-9(13)8(12)7-11/h8H,2-7H2,1H3. The topological polar surface area (TPSA) is 26.3 Å². The number of esters is 1.